The molecule has 0 atom stereocenters. The number of hydrogen-bond acceptors (Lipinski definition) is 1. The van der Waals surface area contributed by atoms with Crippen LogP contribution in [0.3, 0.4) is 0 Å². The molecule has 0 saturated heterocycles. The molecule has 0 unspecified atom stereocenters. The second-order valence-electron chi connectivity index (χ2n) is 4.40. The van der Waals surface area contributed by atoms with Gasteiger partial charge in [0.05, 0.1) is 11.0 Å². The van der Waals surface area contributed by atoms with Gasteiger partial charge in [-0.25, -0.2) is 0 Å². The SMILES string of the molecule is C1=CC2=c3[nH]c4ccccc4c3=CCN2C=C1. The van der Waals surface area contributed by atoms with E-state index in [1.807, 2.05) is 0 Å². The Morgan fingerprint density at radius 2 is 2.06 bits per heavy atom. The molecule has 0 radical (unpaired) electrons. The van der Waals surface area contributed by atoms with Crippen LogP contribution in [0.2, 0.25) is 0 Å². The predicted octanol–water partition coefficient (Wildman–Crippen LogP) is 1.46. The van der Waals surface area contributed by atoms with E-state index in [1.54, 1.807) is 0 Å². The van der Waals surface area contributed by atoms with Crippen molar-refractivity contribution in [3.05, 3.63) is 59.3 Å². The molecule has 17 heavy (non-hydrogen) atoms. The molecule has 1 N–H and O–H groups in total. The van der Waals surface area contributed by atoms with Gasteiger partial charge in [-0.15, -0.1) is 0 Å². The van der Waals surface area contributed by atoms with Crippen LogP contribution in [0.4, 0.5) is 0 Å². The zero-order valence-corrected chi connectivity index (χ0v) is 9.35. The normalized spacial score (nSPS) is 16.9. The molecule has 3 heterocycles. The fourth-order valence-electron chi connectivity index (χ4n) is 2.63. The number of nitrogens with one attached hydrogen (secondary N) is 1. The molecule has 82 valence electrons. The van der Waals surface area contributed by atoms with Gasteiger partial charge in [-0.2, -0.15) is 0 Å². The number of benzene rings is 1. The lowest BCUT2D eigenvalue weighted by atomic mass is 10.1. The van der Waals surface area contributed by atoms with Gasteiger partial charge in [-0.3, -0.25) is 0 Å². The summed E-state index contributed by atoms with van der Waals surface area (Å²) in [4.78, 5) is 5.78. The van der Waals surface area contributed by atoms with E-state index >= 15 is 0 Å². The lowest BCUT2D eigenvalue weighted by Crippen LogP contribution is -2.37. The molecule has 0 aliphatic carbocycles. The van der Waals surface area contributed by atoms with Gasteiger partial charge in [0.1, 0.15) is 0 Å². The van der Waals surface area contributed by atoms with Crippen molar-refractivity contribution in [2.75, 3.05) is 6.54 Å². The monoisotopic (exact) mass is 220 g/mol. The summed E-state index contributed by atoms with van der Waals surface area (Å²) in [6, 6.07) is 8.48. The molecule has 2 aromatic rings. The van der Waals surface area contributed by atoms with Gasteiger partial charge in [0, 0.05) is 28.9 Å². The highest BCUT2D eigenvalue weighted by atomic mass is 15.1. The van der Waals surface area contributed by atoms with Crippen LogP contribution in [0, 0.1) is 0 Å². The van der Waals surface area contributed by atoms with Gasteiger partial charge < -0.3 is 9.88 Å². The average Bonchev–Trinajstić information content (AvgIpc) is 2.78. The summed E-state index contributed by atoms with van der Waals surface area (Å²) in [5.74, 6) is 0. The molecule has 2 nitrogen and oxygen atoms in total. The van der Waals surface area contributed by atoms with Crippen LogP contribution >= 0.6 is 0 Å². The molecule has 2 aliphatic rings. The Morgan fingerprint density at radius 3 is 3.06 bits per heavy atom. The Balaban J connectivity index is 2.22. The van der Waals surface area contributed by atoms with Crippen molar-refractivity contribution in [2.24, 2.45) is 0 Å². The van der Waals surface area contributed by atoms with E-state index in [-0.39, 0.29) is 0 Å². The molecule has 1 aromatic carbocycles. The Hall–Kier alpha value is -2.22. The summed E-state index contributed by atoms with van der Waals surface area (Å²) in [7, 11) is 0. The van der Waals surface area contributed by atoms with E-state index < -0.39 is 0 Å². The van der Waals surface area contributed by atoms with Crippen LogP contribution in [0.5, 0.6) is 0 Å². The summed E-state index contributed by atoms with van der Waals surface area (Å²) in [5, 5.41) is 3.89. The third-order valence-corrected chi connectivity index (χ3v) is 3.44. The Kier molecular flexibility index (Phi) is 1.64. The molecule has 0 spiro atoms. The van der Waals surface area contributed by atoms with Crippen LogP contribution in [0.1, 0.15) is 0 Å². The number of hydrogen-bond donors (Lipinski definition) is 1. The van der Waals surface area contributed by atoms with Crippen molar-refractivity contribution in [3.8, 4) is 0 Å². The van der Waals surface area contributed by atoms with E-state index in [0.717, 1.165) is 6.54 Å². The Morgan fingerprint density at radius 1 is 1.12 bits per heavy atom. The molecule has 1 aromatic heterocycles. The number of para-hydroxylation sites is 1. The summed E-state index contributed by atoms with van der Waals surface area (Å²) >= 11 is 0. The van der Waals surface area contributed by atoms with E-state index in [2.05, 4.69) is 64.7 Å². The van der Waals surface area contributed by atoms with Crippen molar-refractivity contribution < 1.29 is 0 Å². The van der Waals surface area contributed by atoms with Crippen molar-refractivity contribution in [1.29, 1.82) is 0 Å². The first-order valence-corrected chi connectivity index (χ1v) is 5.86. The maximum Gasteiger partial charge on any atom is 0.0703 e. The third-order valence-electron chi connectivity index (χ3n) is 3.44. The summed E-state index contributed by atoms with van der Waals surface area (Å²) in [5.41, 5.74) is 2.48. The second kappa shape index (κ2) is 3.14. The van der Waals surface area contributed by atoms with Crippen molar-refractivity contribution in [1.82, 2.24) is 9.88 Å². The lowest BCUT2D eigenvalue weighted by Gasteiger charge is -2.23. The first kappa shape index (κ1) is 8.88. The zero-order chi connectivity index (χ0) is 11.2. The van der Waals surface area contributed by atoms with Gasteiger partial charge in [-0.05, 0) is 18.2 Å². The maximum atomic E-state index is 3.52. The quantitative estimate of drug-likeness (QED) is 0.712. The molecule has 2 heteroatoms. The fraction of sp³-hybridized carbons (Fsp3) is 0.0667. The number of aromatic amines is 1. The lowest BCUT2D eigenvalue weighted by molar-refractivity contribution is 0.596. The topological polar surface area (TPSA) is 19.0 Å². The average molecular weight is 220 g/mol. The number of aromatic nitrogens is 1. The van der Waals surface area contributed by atoms with E-state index in [0.29, 0.717) is 0 Å². The molecule has 0 saturated carbocycles. The number of rotatable bonds is 0. The van der Waals surface area contributed by atoms with Crippen molar-refractivity contribution in [2.45, 2.75) is 0 Å². The number of fused-ring (bicyclic) bond motifs is 4. The first-order chi connectivity index (χ1) is 8.43. The molecule has 2 aliphatic heterocycles. The Labute approximate surface area is 98.9 Å². The summed E-state index contributed by atoms with van der Waals surface area (Å²) in [6.45, 7) is 0.949. The summed E-state index contributed by atoms with van der Waals surface area (Å²) < 4.78 is 0. The summed E-state index contributed by atoms with van der Waals surface area (Å²) in [6.07, 6.45) is 10.8. The van der Waals surface area contributed by atoms with Gasteiger partial charge in [-0.1, -0.05) is 30.4 Å². The van der Waals surface area contributed by atoms with Crippen molar-refractivity contribution in [3.63, 3.8) is 0 Å². The van der Waals surface area contributed by atoms with E-state index in [9.17, 15) is 0 Å². The zero-order valence-electron chi connectivity index (χ0n) is 9.35. The standard InChI is InChI=1S/C15H12N2/c1-2-6-13-11(5-1)12-8-10-17-9-4-3-7-14(17)15(12)16-13/h1-9,16H,10H2. The van der Waals surface area contributed by atoms with Gasteiger partial charge in [0.2, 0.25) is 0 Å². The highest BCUT2D eigenvalue weighted by Gasteiger charge is 2.13. The van der Waals surface area contributed by atoms with Gasteiger partial charge >= 0.3 is 0 Å². The molecule has 0 fully saturated rings. The smallest absolute Gasteiger partial charge is 0.0703 e. The number of H-pyrrole nitrogens is 1. The Bertz CT molecular complexity index is 775. The van der Waals surface area contributed by atoms with Crippen LogP contribution in [0.15, 0.2) is 48.7 Å². The van der Waals surface area contributed by atoms with Crippen molar-refractivity contribution >= 4 is 22.7 Å². The van der Waals surface area contributed by atoms with Gasteiger partial charge in [0.25, 0.3) is 0 Å². The van der Waals surface area contributed by atoms with E-state index in [4.69, 9.17) is 0 Å². The minimum absolute atomic E-state index is 0.949. The fourth-order valence-corrected chi connectivity index (χ4v) is 2.63. The van der Waals surface area contributed by atoms with Crippen LogP contribution in [-0.2, 0) is 0 Å². The highest BCUT2D eigenvalue weighted by Crippen LogP contribution is 2.14. The third kappa shape index (κ3) is 1.15. The predicted molar refractivity (Wildman–Crippen MR) is 70.4 cm³/mol. The van der Waals surface area contributed by atoms with Crippen LogP contribution < -0.4 is 10.6 Å². The molecule has 0 amide bonds. The minimum Gasteiger partial charge on any atom is -0.353 e. The molecular weight excluding hydrogens is 208 g/mol. The number of allylic oxidation sites excluding steroid dienone is 2. The molecular formula is C15H12N2. The van der Waals surface area contributed by atoms with Crippen LogP contribution in [-0.4, -0.2) is 16.4 Å². The maximum absolute atomic E-state index is 3.52. The molecule has 4 rings (SSSR count). The first-order valence-electron chi connectivity index (χ1n) is 5.86. The molecule has 0 bridgehead atoms. The van der Waals surface area contributed by atoms with Gasteiger partial charge in [0.15, 0.2) is 0 Å². The van der Waals surface area contributed by atoms with E-state index in [1.165, 1.54) is 27.2 Å². The highest BCUT2D eigenvalue weighted by molar-refractivity contribution is 5.83. The second-order valence-corrected chi connectivity index (χ2v) is 4.40. The van der Waals surface area contributed by atoms with Crippen LogP contribution in [0.25, 0.3) is 22.7 Å². The largest absolute Gasteiger partial charge is 0.353 e. The number of nitrogens with zero attached hydrogens (tertiary/aromatic N) is 1. The minimum atomic E-state index is 0.949.